The number of benzene rings is 1. The number of hydrogen-bond acceptors (Lipinski definition) is 5. The van der Waals surface area contributed by atoms with Gasteiger partial charge in [-0.2, -0.15) is 0 Å². The molecule has 2 saturated heterocycles. The Balaban J connectivity index is 1.48. The Morgan fingerprint density at radius 2 is 2.07 bits per heavy atom. The van der Waals surface area contributed by atoms with Gasteiger partial charge in [-0.1, -0.05) is 12.1 Å². The normalized spacial score (nSPS) is 22.8. The molecule has 1 amide bonds. The highest BCUT2D eigenvalue weighted by atomic mass is 16.5. The number of H-pyrrole nitrogens is 1. The van der Waals surface area contributed by atoms with Crippen LogP contribution >= 0.6 is 0 Å². The Labute approximate surface area is 165 Å². The van der Waals surface area contributed by atoms with Gasteiger partial charge in [-0.15, -0.1) is 0 Å². The largest absolute Gasteiger partial charge is 0.493 e. The van der Waals surface area contributed by atoms with E-state index >= 15 is 0 Å². The fourth-order valence-corrected chi connectivity index (χ4v) is 4.67. The molecule has 1 aromatic carbocycles. The lowest BCUT2D eigenvalue weighted by molar-refractivity contribution is -0.146. The molecule has 4 rings (SSSR count). The summed E-state index contributed by atoms with van der Waals surface area (Å²) < 4.78 is 11.0. The Kier molecular flexibility index (Phi) is 5.26. The third kappa shape index (κ3) is 3.46. The van der Waals surface area contributed by atoms with Crippen LogP contribution in [0.1, 0.15) is 30.5 Å². The monoisotopic (exact) mass is 384 g/mol. The van der Waals surface area contributed by atoms with Gasteiger partial charge in [0.15, 0.2) is 11.5 Å². The van der Waals surface area contributed by atoms with Crippen molar-refractivity contribution in [3.8, 4) is 11.5 Å². The van der Waals surface area contributed by atoms with E-state index in [0.29, 0.717) is 18.0 Å². The number of nitrogens with zero attached hydrogens (tertiary/aromatic N) is 3. The van der Waals surface area contributed by atoms with Gasteiger partial charge in [-0.3, -0.25) is 9.69 Å². The first-order valence-corrected chi connectivity index (χ1v) is 9.84. The summed E-state index contributed by atoms with van der Waals surface area (Å²) in [4.78, 5) is 25.1. The highest BCUT2D eigenvalue weighted by Gasteiger charge is 2.48. The van der Waals surface area contributed by atoms with Gasteiger partial charge in [-0.05, 0) is 31.9 Å². The van der Waals surface area contributed by atoms with Crippen molar-refractivity contribution in [3.05, 3.63) is 42.0 Å². The highest BCUT2D eigenvalue weighted by molar-refractivity contribution is 5.84. The number of methoxy groups -OCH3 is 2. The van der Waals surface area contributed by atoms with E-state index < -0.39 is 0 Å². The summed E-state index contributed by atoms with van der Waals surface area (Å²) >= 11 is 0. The smallest absolute Gasteiger partial charge is 0.230 e. The number of carbonyl (C=O) groups is 1. The lowest BCUT2D eigenvalue weighted by atomic mass is 9.78. The number of carbonyl (C=O) groups excluding carboxylic acids is 1. The first kappa shape index (κ1) is 18.8. The second-order valence-corrected chi connectivity index (χ2v) is 7.80. The maximum Gasteiger partial charge on any atom is 0.230 e. The van der Waals surface area contributed by atoms with Gasteiger partial charge in [0.1, 0.15) is 0 Å². The van der Waals surface area contributed by atoms with E-state index in [1.165, 1.54) is 0 Å². The van der Waals surface area contributed by atoms with Crippen LogP contribution in [-0.4, -0.2) is 59.5 Å². The molecule has 0 radical (unpaired) electrons. The molecule has 1 N–H and O–H groups in total. The summed E-state index contributed by atoms with van der Waals surface area (Å²) in [5.74, 6) is 1.69. The van der Waals surface area contributed by atoms with Crippen LogP contribution in [0.25, 0.3) is 0 Å². The van der Waals surface area contributed by atoms with Crippen molar-refractivity contribution < 1.29 is 14.3 Å². The van der Waals surface area contributed by atoms with E-state index in [9.17, 15) is 4.79 Å². The average Bonchev–Trinajstić information content (AvgIpc) is 3.36. The van der Waals surface area contributed by atoms with Crippen LogP contribution in [0, 0.1) is 5.41 Å². The minimum Gasteiger partial charge on any atom is -0.493 e. The first-order valence-electron chi connectivity index (χ1n) is 9.84. The van der Waals surface area contributed by atoms with Crippen molar-refractivity contribution in [1.29, 1.82) is 0 Å². The van der Waals surface area contributed by atoms with Crippen molar-refractivity contribution in [3.63, 3.8) is 0 Å². The molecule has 3 heterocycles. The van der Waals surface area contributed by atoms with Crippen molar-refractivity contribution >= 4 is 5.91 Å². The summed E-state index contributed by atoms with van der Waals surface area (Å²) in [6.07, 6.45) is 6.49. The number of ether oxygens (including phenoxy) is 2. The average molecular weight is 384 g/mol. The number of aromatic amines is 1. The molecule has 2 fully saturated rings. The zero-order chi connectivity index (χ0) is 19.6. The summed E-state index contributed by atoms with van der Waals surface area (Å²) in [5, 5.41) is 0. The number of aromatic nitrogens is 2. The van der Waals surface area contributed by atoms with Crippen molar-refractivity contribution in [2.45, 2.75) is 32.4 Å². The minimum atomic E-state index is -0.260. The Morgan fingerprint density at radius 3 is 2.82 bits per heavy atom. The molecule has 2 aliphatic rings. The zero-order valence-corrected chi connectivity index (χ0v) is 16.6. The van der Waals surface area contributed by atoms with Gasteiger partial charge in [-0.25, -0.2) is 4.98 Å². The minimum absolute atomic E-state index is 0.260. The summed E-state index contributed by atoms with van der Waals surface area (Å²) in [6, 6.07) is 5.84. The van der Waals surface area contributed by atoms with E-state index in [0.717, 1.165) is 56.7 Å². The standard InChI is InChI=1S/C21H28N4O3/c1-27-18-6-3-5-16(19(18)28-2)12-25-9-4-7-21(20(25)26)8-10-24(14-21)13-17-11-22-15-23-17/h3,5-6,11,15H,4,7-10,12-14H2,1-2H3,(H,22,23). The third-order valence-corrected chi connectivity index (χ3v) is 6.05. The molecule has 150 valence electrons. The van der Waals surface area contributed by atoms with E-state index in [1.807, 2.05) is 29.3 Å². The van der Waals surface area contributed by atoms with Gasteiger partial charge in [0.2, 0.25) is 5.91 Å². The van der Waals surface area contributed by atoms with E-state index in [1.54, 1.807) is 20.5 Å². The second kappa shape index (κ2) is 7.83. The number of hydrogen-bond donors (Lipinski definition) is 1. The predicted octanol–water partition coefficient (Wildman–Crippen LogP) is 2.44. The molecule has 28 heavy (non-hydrogen) atoms. The molecule has 2 aromatic rings. The van der Waals surface area contributed by atoms with Crippen molar-refractivity contribution in [1.82, 2.24) is 19.8 Å². The van der Waals surface area contributed by atoms with Gasteiger partial charge in [0.05, 0.1) is 26.0 Å². The Morgan fingerprint density at radius 1 is 1.18 bits per heavy atom. The fraction of sp³-hybridized carbons (Fsp3) is 0.524. The lowest BCUT2D eigenvalue weighted by Crippen LogP contribution is -2.49. The molecule has 1 spiro atoms. The molecule has 0 bridgehead atoms. The van der Waals surface area contributed by atoms with E-state index in [2.05, 4.69) is 14.9 Å². The quantitative estimate of drug-likeness (QED) is 0.828. The maximum atomic E-state index is 13.5. The number of piperidine rings is 1. The van der Waals surface area contributed by atoms with E-state index in [-0.39, 0.29) is 11.3 Å². The molecule has 1 atom stereocenters. The number of para-hydroxylation sites is 1. The van der Waals surface area contributed by atoms with Gasteiger partial charge < -0.3 is 19.4 Å². The molecule has 7 heteroatoms. The lowest BCUT2D eigenvalue weighted by Gasteiger charge is -2.39. The number of imidazole rings is 1. The number of rotatable bonds is 6. The highest BCUT2D eigenvalue weighted by Crippen LogP contribution is 2.41. The summed E-state index contributed by atoms with van der Waals surface area (Å²) in [5.41, 5.74) is 1.82. The van der Waals surface area contributed by atoms with Crippen molar-refractivity contribution in [2.75, 3.05) is 33.9 Å². The Hall–Kier alpha value is -2.54. The summed E-state index contributed by atoms with van der Waals surface area (Å²) in [7, 11) is 3.28. The van der Waals surface area contributed by atoms with Crippen LogP contribution in [0.4, 0.5) is 0 Å². The van der Waals surface area contributed by atoms with Gasteiger partial charge in [0, 0.05) is 43.6 Å². The number of nitrogens with one attached hydrogen (secondary N) is 1. The van der Waals surface area contributed by atoms with E-state index in [4.69, 9.17) is 9.47 Å². The molecular weight excluding hydrogens is 356 g/mol. The van der Waals surface area contributed by atoms with Crippen molar-refractivity contribution in [2.24, 2.45) is 5.41 Å². The SMILES string of the molecule is COc1cccc(CN2CCCC3(CCN(Cc4cnc[nH]4)C3)C2=O)c1OC. The van der Waals surface area contributed by atoms with Gasteiger partial charge in [0.25, 0.3) is 0 Å². The third-order valence-electron chi connectivity index (χ3n) is 6.05. The molecule has 0 saturated carbocycles. The maximum absolute atomic E-state index is 13.5. The second-order valence-electron chi connectivity index (χ2n) is 7.80. The molecular formula is C21H28N4O3. The van der Waals surface area contributed by atoms with Crippen LogP contribution in [0.5, 0.6) is 11.5 Å². The topological polar surface area (TPSA) is 70.7 Å². The van der Waals surface area contributed by atoms with Crippen LogP contribution in [0.15, 0.2) is 30.7 Å². The van der Waals surface area contributed by atoms with Crippen LogP contribution in [0.3, 0.4) is 0 Å². The molecule has 2 aliphatic heterocycles. The fourth-order valence-electron chi connectivity index (χ4n) is 4.67. The molecule has 7 nitrogen and oxygen atoms in total. The van der Waals surface area contributed by atoms with Crippen LogP contribution < -0.4 is 9.47 Å². The number of likely N-dealkylation sites (tertiary alicyclic amines) is 2. The predicted molar refractivity (Wildman–Crippen MR) is 105 cm³/mol. The number of amides is 1. The zero-order valence-electron chi connectivity index (χ0n) is 16.6. The molecule has 1 aromatic heterocycles. The summed E-state index contributed by atoms with van der Waals surface area (Å²) in [6.45, 7) is 3.93. The molecule has 0 aliphatic carbocycles. The Bertz CT molecular complexity index is 823. The molecule has 1 unspecified atom stereocenters. The van der Waals surface area contributed by atoms with Crippen LogP contribution in [-0.2, 0) is 17.9 Å². The first-order chi connectivity index (χ1) is 13.6. The van der Waals surface area contributed by atoms with Crippen LogP contribution in [0.2, 0.25) is 0 Å². The van der Waals surface area contributed by atoms with Gasteiger partial charge >= 0.3 is 0 Å².